The summed E-state index contributed by atoms with van der Waals surface area (Å²) in [5.74, 6) is 0.603. The molecule has 82 valence electrons. The zero-order chi connectivity index (χ0) is 11.7. The molecule has 0 fully saturated rings. The number of nitrogens with zero attached hydrogens (tertiary/aromatic N) is 2. The third-order valence-electron chi connectivity index (χ3n) is 2.51. The number of aryl methyl sites for hydroxylation is 1. The van der Waals surface area contributed by atoms with Gasteiger partial charge in [-0.2, -0.15) is 0 Å². The Balaban J connectivity index is 2.86. The molecule has 0 aliphatic rings. The Bertz CT molecular complexity index is 566. The molecule has 0 amide bonds. The number of hydrogen-bond donors (Lipinski definition) is 0. The highest BCUT2D eigenvalue weighted by Gasteiger charge is 2.16. The Morgan fingerprint density at radius 1 is 1.44 bits per heavy atom. The molecule has 1 aromatic heterocycles. The quantitative estimate of drug-likeness (QED) is 0.573. The van der Waals surface area contributed by atoms with E-state index in [1.807, 2.05) is 0 Å². The van der Waals surface area contributed by atoms with Crippen molar-refractivity contribution in [1.82, 2.24) is 4.98 Å². The van der Waals surface area contributed by atoms with Gasteiger partial charge in [-0.1, -0.05) is 6.07 Å². The molecule has 0 atom stereocenters. The van der Waals surface area contributed by atoms with Gasteiger partial charge in [0.15, 0.2) is 0 Å². The normalized spacial score (nSPS) is 10.4. The third kappa shape index (κ3) is 1.46. The summed E-state index contributed by atoms with van der Waals surface area (Å²) in [7, 11) is 1.53. The first-order chi connectivity index (χ1) is 7.65. The van der Waals surface area contributed by atoms with Crippen LogP contribution in [0.15, 0.2) is 24.4 Å². The van der Waals surface area contributed by atoms with E-state index in [0.29, 0.717) is 22.2 Å². The standard InChI is InChI=1S/C11H10N2O3/c1-7-9(13(14)15)6-12-8-4-3-5-10(16-2)11(7)8/h3-6H,1-2H3. The summed E-state index contributed by atoms with van der Waals surface area (Å²) in [4.78, 5) is 14.4. The molecule has 0 radical (unpaired) electrons. The van der Waals surface area contributed by atoms with Crippen LogP contribution in [0.4, 0.5) is 5.69 Å². The monoisotopic (exact) mass is 218 g/mol. The summed E-state index contributed by atoms with van der Waals surface area (Å²) >= 11 is 0. The van der Waals surface area contributed by atoms with Crippen molar-refractivity contribution in [1.29, 1.82) is 0 Å². The molecule has 0 spiro atoms. The Labute approximate surface area is 91.8 Å². The fourth-order valence-corrected chi connectivity index (χ4v) is 1.71. The van der Waals surface area contributed by atoms with Gasteiger partial charge in [-0.05, 0) is 19.1 Å². The lowest BCUT2D eigenvalue weighted by molar-refractivity contribution is -0.385. The molecule has 16 heavy (non-hydrogen) atoms. The van der Waals surface area contributed by atoms with E-state index in [-0.39, 0.29) is 5.69 Å². The maximum absolute atomic E-state index is 10.8. The van der Waals surface area contributed by atoms with Crippen molar-refractivity contribution >= 4 is 16.6 Å². The minimum atomic E-state index is -0.436. The SMILES string of the molecule is COc1cccc2ncc([N+](=O)[O-])c(C)c12. The highest BCUT2D eigenvalue weighted by molar-refractivity contribution is 5.90. The van der Waals surface area contributed by atoms with Gasteiger partial charge >= 0.3 is 0 Å². The Morgan fingerprint density at radius 2 is 2.19 bits per heavy atom. The number of aromatic nitrogens is 1. The van der Waals surface area contributed by atoms with Gasteiger partial charge in [-0.15, -0.1) is 0 Å². The first-order valence-electron chi connectivity index (χ1n) is 4.72. The number of fused-ring (bicyclic) bond motifs is 1. The number of hydrogen-bond acceptors (Lipinski definition) is 4. The van der Waals surface area contributed by atoms with Crippen LogP contribution in [0.25, 0.3) is 10.9 Å². The van der Waals surface area contributed by atoms with E-state index in [4.69, 9.17) is 4.74 Å². The molecule has 0 bridgehead atoms. The number of benzene rings is 1. The zero-order valence-electron chi connectivity index (χ0n) is 8.93. The van der Waals surface area contributed by atoms with Gasteiger partial charge in [-0.25, -0.2) is 4.98 Å². The predicted octanol–water partition coefficient (Wildman–Crippen LogP) is 2.46. The summed E-state index contributed by atoms with van der Waals surface area (Å²) in [6, 6.07) is 5.37. The summed E-state index contributed by atoms with van der Waals surface area (Å²) in [5, 5.41) is 11.5. The number of nitro groups is 1. The van der Waals surface area contributed by atoms with Crippen molar-refractivity contribution in [3.63, 3.8) is 0 Å². The van der Waals surface area contributed by atoms with Crippen LogP contribution in [0.5, 0.6) is 5.75 Å². The average Bonchev–Trinajstić information content (AvgIpc) is 2.28. The van der Waals surface area contributed by atoms with Crippen LogP contribution < -0.4 is 4.74 Å². The molecule has 0 N–H and O–H groups in total. The fraction of sp³-hybridized carbons (Fsp3) is 0.182. The lowest BCUT2D eigenvalue weighted by Gasteiger charge is -2.07. The topological polar surface area (TPSA) is 65.3 Å². The Kier molecular flexibility index (Phi) is 2.44. The van der Waals surface area contributed by atoms with Crippen LogP contribution >= 0.6 is 0 Å². The highest BCUT2D eigenvalue weighted by Crippen LogP contribution is 2.31. The van der Waals surface area contributed by atoms with Gasteiger partial charge in [0.25, 0.3) is 5.69 Å². The van der Waals surface area contributed by atoms with Crippen molar-refractivity contribution in [2.45, 2.75) is 6.92 Å². The number of rotatable bonds is 2. The van der Waals surface area contributed by atoms with Crippen LogP contribution in [0.1, 0.15) is 5.56 Å². The number of methoxy groups -OCH3 is 1. The maximum Gasteiger partial charge on any atom is 0.291 e. The van der Waals surface area contributed by atoms with Gasteiger partial charge < -0.3 is 4.74 Å². The van der Waals surface area contributed by atoms with Crippen LogP contribution in [0, 0.1) is 17.0 Å². The Morgan fingerprint density at radius 3 is 2.81 bits per heavy atom. The first kappa shape index (κ1) is 10.4. The molecule has 1 aromatic carbocycles. The van der Waals surface area contributed by atoms with Gasteiger partial charge in [0.1, 0.15) is 11.9 Å². The lowest BCUT2D eigenvalue weighted by atomic mass is 10.1. The van der Waals surface area contributed by atoms with E-state index < -0.39 is 4.92 Å². The molecule has 1 heterocycles. The summed E-state index contributed by atoms with van der Waals surface area (Å²) in [5.41, 5.74) is 1.28. The molecule has 0 aliphatic carbocycles. The van der Waals surface area contributed by atoms with Gasteiger partial charge in [0, 0.05) is 5.56 Å². The van der Waals surface area contributed by atoms with Gasteiger partial charge in [-0.3, -0.25) is 10.1 Å². The molecular formula is C11H10N2O3. The minimum Gasteiger partial charge on any atom is -0.496 e. The smallest absolute Gasteiger partial charge is 0.291 e. The molecule has 0 unspecified atom stereocenters. The molecule has 0 saturated heterocycles. The van der Waals surface area contributed by atoms with E-state index in [0.717, 1.165) is 0 Å². The van der Waals surface area contributed by atoms with Crippen LogP contribution in [0.3, 0.4) is 0 Å². The fourth-order valence-electron chi connectivity index (χ4n) is 1.71. The Hall–Kier alpha value is -2.17. The molecule has 0 aliphatic heterocycles. The van der Waals surface area contributed by atoms with Gasteiger partial charge in [0.2, 0.25) is 0 Å². The van der Waals surface area contributed by atoms with Crippen molar-refractivity contribution in [3.8, 4) is 5.75 Å². The zero-order valence-corrected chi connectivity index (χ0v) is 8.93. The molecule has 0 saturated carbocycles. The third-order valence-corrected chi connectivity index (χ3v) is 2.51. The number of pyridine rings is 1. The second-order valence-electron chi connectivity index (χ2n) is 3.38. The van der Waals surface area contributed by atoms with Crippen molar-refractivity contribution < 1.29 is 9.66 Å². The number of ether oxygens (including phenoxy) is 1. The first-order valence-corrected chi connectivity index (χ1v) is 4.72. The summed E-state index contributed by atoms with van der Waals surface area (Å²) < 4.78 is 5.18. The highest BCUT2D eigenvalue weighted by atomic mass is 16.6. The van der Waals surface area contributed by atoms with Crippen LogP contribution in [0.2, 0.25) is 0 Å². The summed E-state index contributed by atoms with van der Waals surface area (Å²) in [6.07, 6.45) is 1.27. The second kappa shape index (κ2) is 3.77. The molecule has 5 heteroatoms. The van der Waals surface area contributed by atoms with E-state index >= 15 is 0 Å². The molecule has 2 aromatic rings. The van der Waals surface area contributed by atoms with Crippen molar-refractivity contribution in [2.75, 3.05) is 7.11 Å². The average molecular weight is 218 g/mol. The van der Waals surface area contributed by atoms with E-state index in [1.54, 1.807) is 25.1 Å². The molecule has 2 rings (SSSR count). The van der Waals surface area contributed by atoms with Crippen LogP contribution in [-0.4, -0.2) is 17.0 Å². The summed E-state index contributed by atoms with van der Waals surface area (Å²) in [6.45, 7) is 1.70. The van der Waals surface area contributed by atoms with Crippen LogP contribution in [-0.2, 0) is 0 Å². The maximum atomic E-state index is 10.8. The van der Waals surface area contributed by atoms with Crippen molar-refractivity contribution in [2.24, 2.45) is 0 Å². The largest absolute Gasteiger partial charge is 0.496 e. The van der Waals surface area contributed by atoms with Gasteiger partial charge in [0.05, 0.1) is 22.9 Å². The minimum absolute atomic E-state index is 0.0111. The molecule has 5 nitrogen and oxygen atoms in total. The van der Waals surface area contributed by atoms with E-state index in [1.165, 1.54) is 13.3 Å². The molecular weight excluding hydrogens is 208 g/mol. The lowest BCUT2D eigenvalue weighted by Crippen LogP contribution is -1.96. The second-order valence-corrected chi connectivity index (χ2v) is 3.38. The van der Waals surface area contributed by atoms with E-state index in [2.05, 4.69) is 4.98 Å². The van der Waals surface area contributed by atoms with E-state index in [9.17, 15) is 10.1 Å². The predicted molar refractivity (Wildman–Crippen MR) is 59.7 cm³/mol. The van der Waals surface area contributed by atoms with Crippen molar-refractivity contribution in [3.05, 3.63) is 40.1 Å².